The molecular weight excluding hydrogens is 400 g/mol. The van der Waals surface area contributed by atoms with Gasteiger partial charge in [-0.05, 0) is 76.4 Å². The van der Waals surface area contributed by atoms with Crippen molar-refractivity contribution in [2.75, 3.05) is 12.4 Å². The van der Waals surface area contributed by atoms with Gasteiger partial charge in [-0.2, -0.15) is 0 Å². The van der Waals surface area contributed by atoms with Crippen LogP contribution in [0.5, 0.6) is 5.75 Å². The van der Waals surface area contributed by atoms with Crippen molar-refractivity contribution in [2.24, 2.45) is 5.73 Å². The average Bonchev–Trinajstić information content (AvgIpc) is 3.02. The lowest BCUT2D eigenvalue weighted by Gasteiger charge is -2.46. The van der Waals surface area contributed by atoms with Gasteiger partial charge >= 0.3 is 6.03 Å². The number of rotatable bonds is 5. The molecule has 0 atom stereocenters. The van der Waals surface area contributed by atoms with Gasteiger partial charge in [0.25, 0.3) is 5.91 Å². The van der Waals surface area contributed by atoms with Gasteiger partial charge in [-0.3, -0.25) is 10.1 Å². The summed E-state index contributed by atoms with van der Waals surface area (Å²) >= 11 is 1.32. The monoisotopic (exact) mass is 430 g/mol. The third-order valence-corrected chi connectivity index (χ3v) is 6.21. The molecule has 2 aromatic rings. The second-order valence-electron chi connectivity index (χ2n) is 9.04. The predicted molar refractivity (Wildman–Crippen MR) is 121 cm³/mol. The summed E-state index contributed by atoms with van der Waals surface area (Å²) in [5.74, 6) is 0.535. The molecule has 0 bridgehead atoms. The van der Waals surface area contributed by atoms with Gasteiger partial charge in [0.05, 0.1) is 12.7 Å². The van der Waals surface area contributed by atoms with Crippen molar-refractivity contribution in [1.29, 1.82) is 0 Å². The number of carbonyl (C=O) groups excluding carboxylic acids is 2. The lowest BCUT2D eigenvalue weighted by molar-refractivity contribution is 0.0874. The van der Waals surface area contributed by atoms with Crippen LogP contribution < -0.4 is 26.4 Å². The van der Waals surface area contributed by atoms with Gasteiger partial charge in [-0.25, -0.2) is 4.79 Å². The first-order valence-corrected chi connectivity index (χ1v) is 10.7. The number of nitrogens with one attached hydrogen (secondary N) is 3. The molecule has 2 heterocycles. The van der Waals surface area contributed by atoms with E-state index in [1.54, 1.807) is 13.2 Å². The molecule has 1 aliphatic rings. The Bertz CT molecular complexity index is 918. The van der Waals surface area contributed by atoms with Gasteiger partial charge in [0, 0.05) is 22.0 Å². The lowest BCUT2D eigenvalue weighted by atomic mass is 9.79. The number of urea groups is 1. The third kappa shape index (κ3) is 5.31. The standard InChI is InChI=1S/C22H30N4O3S/c1-21(2)11-14(12-22(3,4)26-21)24-18(27)16-10-17(30-19(16)25-20(23)28)13-6-8-15(29-5)9-7-13/h6-10,14,26H,11-12H2,1-5H3,(H,24,27)(H3,23,25,28). The van der Waals surface area contributed by atoms with Crippen molar-refractivity contribution in [2.45, 2.75) is 57.7 Å². The molecule has 7 nitrogen and oxygen atoms in total. The second kappa shape index (κ2) is 8.28. The van der Waals surface area contributed by atoms with E-state index in [2.05, 4.69) is 43.6 Å². The molecule has 1 aromatic carbocycles. The maximum Gasteiger partial charge on any atom is 0.317 e. The average molecular weight is 431 g/mol. The lowest BCUT2D eigenvalue weighted by Crippen LogP contribution is -2.62. The summed E-state index contributed by atoms with van der Waals surface area (Å²) in [5, 5.41) is 9.81. The number of amides is 3. The number of benzene rings is 1. The minimum absolute atomic E-state index is 0.0227. The Balaban J connectivity index is 1.86. The quantitative estimate of drug-likeness (QED) is 0.576. The van der Waals surface area contributed by atoms with Crippen LogP contribution in [-0.2, 0) is 0 Å². The topological polar surface area (TPSA) is 105 Å². The first-order valence-electron chi connectivity index (χ1n) is 9.93. The van der Waals surface area contributed by atoms with Crippen LogP contribution in [0.15, 0.2) is 30.3 Å². The summed E-state index contributed by atoms with van der Waals surface area (Å²) < 4.78 is 5.20. The molecule has 3 amide bonds. The molecule has 8 heteroatoms. The highest BCUT2D eigenvalue weighted by Crippen LogP contribution is 2.36. The first-order chi connectivity index (χ1) is 14.0. The summed E-state index contributed by atoms with van der Waals surface area (Å²) in [6.45, 7) is 8.55. The summed E-state index contributed by atoms with van der Waals surface area (Å²) in [6, 6.07) is 8.66. The van der Waals surface area contributed by atoms with Crippen molar-refractivity contribution < 1.29 is 14.3 Å². The van der Waals surface area contributed by atoms with E-state index in [0.717, 1.165) is 29.0 Å². The van der Waals surface area contributed by atoms with E-state index >= 15 is 0 Å². The van der Waals surface area contributed by atoms with Crippen molar-refractivity contribution in [1.82, 2.24) is 10.6 Å². The second-order valence-corrected chi connectivity index (χ2v) is 10.1. The van der Waals surface area contributed by atoms with Gasteiger partial charge in [-0.15, -0.1) is 11.3 Å². The van der Waals surface area contributed by atoms with Gasteiger partial charge < -0.3 is 21.1 Å². The third-order valence-electron chi connectivity index (χ3n) is 5.11. The van der Waals surface area contributed by atoms with Gasteiger partial charge in [0.2, 0.25) is 0 Å². The molecule has 0 unspecified atom stereocenters. The van der Waals surface area contributed by atoms with E-state index in [4.69, 9.17) is 10.5 Å². The van der Waals surface area contributed by atoms with Crippen molar-refractivity contribution in [3.05, 3.63) is 35.9 Å². The molecule has 1 aliphatic heterocycles. The van der Waals surface area contributed by atoms with Gasteiger partial charge in [0.15, 0.2) is 0 Å². The molecule has 0 saturated carbocycles. The summed E-state index contributed by atoms with van der Waals surface area (Å²) in [7, 11) is 1.61. The Kier molecular flexibility index (Phi) is 6.10. The molecule has 162 valence electrons. The predicted octanol–water partition coefficient (Wildman–Crippen LogP) is 3.95. The molecule has 0 spiro atoms. The fourth-order valence-corrected chi connectivity index (χ4v) is 5.41. The van der Waals surface area contributed by atoms with Crippen LogP contribution >= 0.6 is 11.3 Å². The zero-order chi connectivity index (χ0) is 22.1. The highest BCUT2D eigenvalue weighted by atomic mass is 32.1. The van der Waals surface area contributed by atoms with Crippen LogP contribution in [0.25, 0.3) is 10.4 Å². The zero-order valence-electron chi connectivity index (χ0n) is 18.1. The molecule has 1 aromatic heterocycles. The van der Waals surface area contributed by atoms with Crippen LogP contribution in [0, 0.1) is 0 Å². The number of piperidine rings is 1. The molecule has 0 radical (unpaired) electrons. The van der Waals surface area contributed by atoms with Crippen molar-refractivity contribution in [3.8, 4) is 16.2 Å². The number of thiophene rings is 1. The Morgan fingerprint density at radius 1 is 1.13 bits per heavy atom. The number of anilines is 1. The van der Waals surface area contributed by atoms with Crippen LogP contribution in [0.1, 0.15) is 50.9 Å². The maximum absolute atomic E-state index is 13.1. The number of carbonyl (C=O) groups is 2. The Hall–Kier alpha value is -2.58. The highest BCUT2D eigenvalue weighted by Gasteiger charge is 2.38. The minimum atomic E-state index is -0.698. The summed E-state index contributed by atoms with van der Waals surface area (Å²) in [5.41, 5.74) is 6.50. The molecule has 5 N–H and O–H groups in total. The molecule has 30 heavy (non-hydrogen) atoms. The number of primary amides is 1. The van der Waals surface area contributed by atoms with Gasteiger partial charge in [-0.1, -0.05) is 0 Å². The normalized spacial score (nSPS) is 17.9. The first kappa shape index (κ1) is 22.1. The smallest absolute Gasteiger partial charge is 0.317 e. The number of ether oxygens (including phenoxy) is 1. The molecule has 0 aliphatic carbocycles. The molecule has 1 saturated heterocycles. The van der Waals surface area contributed by atoms with Crippen LogP contribution in [0.3, 0.4) is 0 Å². The fraction of sp³-hybridized carbons (Fsp3) is 0.455. The summed E-state index contributed by atoms with van der Waals surface area (Å²) in [6.07, 6.45) is 1.63. The maximum atomic E-state index is 13.1. The van der Waals surface area contributed by atoms with E-state index in [1.807, 2.05) is 24.3 Å². The van der Waals surface area contributed by atoms with Crippen molar-refractivity contribution in [3.63, 3.8) is 0 Å². The van der Waals surface area contributed by atoms with Crippen molar-refractivity contribution >= 4 is 28.3 Å². The Morgan fingerprint density at radius 2 is 1.73 bits per heavy atom. The molecular formula is C22H30N4O3S. The van der Waals surface area contributed by atoms with Gasteiger partial charge in [0.1, 0.15) is 10.8 Å². The minimum Gasteiger partial charge on any atom is -0.497 e. The van der Waals surface area contributed by atoms with E-state index in [9.17, 15) is 9.59 Å². The van der Waals surface area contributed by atoms with Crippen LogP contribution in [-0.4, -0.2) is 36.2 Å². The number of hydrogen-bond acceptors (Lipinski definition) is 5. The molecule has 1 fully saturated rings. The van der Waals surface area contributed by atoms with E-state index in [-0.39, 0.29) is 23.0 Å². The Morgan fingerprint density at radius 3 is 2.27 bits per heavy atom. The largest absolute Gasteiger partial charge is 0.497 e. The SMILES string of the molecule is COc1ccc(-c2cc(C(=O)NC3CC(C)(C)NC(C)(C)C3)c(NC(N)=O)s2)cc1. The number of methoxy groups -OCH3 is 1. The van der Waals surface area contributed by atoms with E-state index < -0.39 is 6.03 Å². The van der Waals surface area contributed by atoms with Crippen LogP contribution in [0.2, 0.25) is 0 Å². The highest BCUT2D eigenvalue weighted by molar-refractivity contribution is 7.20. The van der Waals surface area contributed by atoms with E-state index in [0.29, 0.717) is 10.6 Å². The van der Waals surface area contributed by atoms with E-state index in [1.165, 1.54) is 11.3 Å². The number of hydrogen-bond donors (Lipinski definition) is 4. The fourth-order valence-electron chi connectivity index (χ4n) is 4.35. The molecule has 3 rings (SSSR count). The Labute approximate surface area is 181 Å². The number of nitrogens with two attached hydrogens (primary N) is 1. The summed E-state index contributed by atoms with van der Waals surface area (Å²) in [4.78, 5) is 25.5. The van der Waals surface area contributed by atoms with Crippen LogP contribution in [0.4, 0.5) is 9.80 Å². The zero-order valence-corrected chi connectivity index (χ0v) is 18.9.